The van der Waals surface area contributed by atoms with Crippen molar-refractivity contribution in [1.29, 1.82) is 0 Å². The fraction of sp³-hybridized carbons (Fsp3) is 0.240. The number of hydrogen-bond donors (Lipinski definition) is 0. The Morgan fingerprint density at radius 3 is 2.68 bits per heavy atom. The zero-order valence-corrected chi connectivity index (χ0v) is 21.1. The summed E-state index contributed by atoms with van der Waals surface area (Å²) in [6.07, 6.45) is 10.3. The van der Waals surface area contributed by atoms with Crippen molar-refractivity contribution < 1.29 is 9.21 Å². The minimum absolute atomic E-state index is 0.0698. The maximum Gasteiger partial charge on any atom is 0.267 e. The number of amidine groups is 1. The molecular formula is C25H20Cl3N3O2S. The van der Waals surface area contributed by atoms with E-state index in [0.717, 1.165) is 25.7 Å². The van der Waals surface area contributed by atoms with Crippen molar-refractivity contribution in [1.82, 2.24) is 9.88 Å². The molecule has 1 aliphatic carbocycles. The number of halogens is 3. The molecule has 5 nitrogen and oxygen atoms in total. The van der Waals surface area contributed by atoms with Crippen molar-refractivity contribution in [2.75, 3.05) is 0 Å². The average Bonchev–Trinajstić information content (AvgIpc) is 3.42. The van der Waals surface area contributed by atoms with Crippen molar-refractivity contribution >= 4 is 69.4 Å². The first-order valence-electron chi connectivity index (χ1n) is 11.0. The number of rotatable bonds is 4. The number of carbonyl (C=O) groups excluding carboxylic acids is 1. The van der Waals surface area contributed by atoms with Crippen LogP contribution in [0.25, 0.3) is 17.4 Å². The Hall–Kier alpha value is -2.25. The number of nitrogens with zero attached hydrogens (tertiary/aromatic N) is 3. The van der Waals surface area contributed by atoms with Gasteiger partial charge in [0.2, 0.25) is 0 Å². The highest BCUT2D eigenvalue weighted by atomic mass is 35.5. The molecular weight excluding hydrogens is 513 g/mol. The van der Waals surface area contributed by atoms with Gasteiger partial charge in [0.05, 0.1) is 20.6 Å². The van der Waals surface area contributed by atoms with Crippen molar-refractivity contribution in [3.63, 3.8) is 0 Å². The number of pyridine rings is 1. The summed E-state index contributed by atoms with van der Waals surface area (Å²) in [6.45, 7) is 0. The molecule has 0 atom stereocenters. The zero-order chi connectivity index (χ0) is 23.7. The van der Waals surface area contributed by atoms with Crippen LogP contribution in [0.15, 0.2) is 63.1 Å². The number of hydrogen-bond acceptors (Lipinski definition) is 5. The lowest BCUT2D eigenvalue weighted by Gasteiger charge is -2.30. The monoisotopic (exact) mass is 531 g/mol. The Bertz CT molecular complexity index is 1300. The second-order valence-corrected chi connectivity index (χ2v) is 10.4. The number of benzene rings is 1. The van der Waals surface area contributed by atoms with Gasteiger partial charge in [0, 0.05) is 35.1 Å². The zero-order valence-electron chi connectivity index (χ0n) is 18.0. The topological polar surface area (TPSA) is 58.7 Å². The van der Waals surface area contributed by atoms with E-state index in [9.17, 15) is 4.79 Å². The highest BCUT2D eigenvalue weighted by Crippen LogP contribution is 2.40. The number of carbonyl (C=O) groups is 1. The highest BCUT2D eigenvalue weighted by molar-refractivity contribution is 8.18. The second kappa shape index (κ2) is 10.2. The predicted molar refractivity (Wildman–Crippen MR) is 140 cm³/mol. The van der Waals surface area contributed by atoms with Gasteiger partial charge in [0.1, 0.15) is 11.5 Å². The van der Waals surface area contributed by atoms with Crippen LogP contribution >= 0.6 is 46.6 Å². The van der Waals surface area contributed by atoms with Gasteiger partial charge in [-0.1, -0.05) is 54.1 Å². The Morgan fingerprint density at radius 1 is 1.06 bits per heavy atom. The fourth-order valence-corrected chi connectivity index (χ4v) is 5.75. The Labute approximate surface area is 216 Å². The molecule has 174 valence electrons. The molecule has 3 aromatic rings. The number of amides is 1. The van der Waals surface area contributed by atoms with Crippen LogP contribution in [0.4, 0.5) is 5.69 Å². The number of aromatic nitrogens is 1. The van der Waals surface area contributed by atoms with Crippen LogP contribution < -0.4 is 0 Å². The molecule has 0 bridgehead atoms. The molecule has 34 heavy (non-hydrogen) atoms. The molecule has 3 heterocycles. The van der Waals surface area contributed by atoms with Gasteiger partial charge in [-0.2, -0.15) is 0 Å². The molecule has 9 heteroatoms. The highest BCUT2D eigenvalue weighted by Gasteiger charge is 2.39. The molecule has 1 saturated heterocycles. The van der Waals surface area contributed by atoms with E-state index in [2.05, 4.69) is 4.98 Å². The lowest BCUT2D eigenvalue weighted by molar-refractivity contribution is -0.124. The summed E-state index contributed by atoms with van der Waals surface area (Å²) in [5.74, 6) is 1.06. The Morgan fingerprint density at radius 2 is 1.88 bits per heavy atom. The van der Waals surface area contributed by atoms with Gasteiger partial charge < -0.3 is 4.42 Å². The Kier molecular flexibility index (Phi) is 7.02. The molecule has 1 saturated carbocycles. The molecule has 0 radical (unpaired) electrons. The van der Waals surface area contributed by atoms with Crippen molar-refractivity contribution in [2.45, 2.75) is 38.1 Å². The molecule has 1 aliphatic heterocycles. The predicted octanol–water partition coefficient (Wildman–Crippen LogP) is 8.24. The van der Waals surface area contributed by atoms with Crippen LogP contribution in [0.2, 0.25) is 15.1 Å². The minimum atomic E-state index is -0.0698. The maximum absolute atomic E-state index is 13.5. The largest absolute Gasteiger partial charge is 0.457 e. The van der Waals surface area contributed by atoms with E-state index in [4.69, 9.17) is 44.2 Å². The summed E-state index contributed by atoms with van der Waals surface area (Å²) in [5, 5.41) is 2.17. The third kappa shape index (κ3) is 4.91. The van der Waals surface area contributed by atoms with Gasteiger partial charge in [-0.05, 0) is 61.0 Å². The van der Waals surface area contributed by atoms with Crippen molar-refractivity contribution in [3.05, 3.63) is 74.5 Å². The lowest BCUT2D eigenvalue weighted by Crippen LogP contribution is -2.40. The van der Waals surface area contributed by atoms with Crippen molar-refractivity contribution in [2.24, 2.45) is 4.99 Å². The van der Waals surface area contributed by atoms with E-state index in [-0.39, 0.29) is 11.9 Å². The number of furan rings is 1. The average molecular weight is 533 g/mol. The fourth-order valence-electron chi connectivity index (χ4n) is 4.18. The van der Waals surface area contributed by atoms with Crippen LogP contribution in [0.1, 0.15) is 37.9 Å². The van der Waals surface area contributed by atoms with E-state index in [1.54, 1.807) is 42.7 Å². The van der Waals surface area contributed by atoms with E-state index >= 15 is 0 Å². The van der Waals surface area contributed by atoms with Gasteiger partial charge in [-0.3, -0.25) is 14.7 Å². The van der Waals surface area contributed by atoms with E-state index in [1.807, 2.05) is 17.0 Å². The van der Waals surface area contributed by atoms with Gasteiger partial charge >= 0.3 is 0 Å². The third-order valence-electron chi connectivity index (χ3n) is 5.84. The van der Waals surface area contributed by atoms with Crippen LogP contribution in [-0.4, -0.2) is 27.0 Å². The van der Waals surface area contributed by atoms with Gasteiger partial charge in [0.15, 0.2) is 5.17 Å². The summed E-state index contributed by atoms with van der Waals surface area (Å²) in [7, 11) is 0. The number of aliphatic imine (C=N–C) groups is 1. The smallest absolute Gasteiger partial charge is 0.267 e. The molecule has 1 amide bonds. The summed E-state index contributed by atoms with van der Waals surface area (Å²) >= 11 is 20.1. The summed E-state index contributed by atoms with van der Waals surface area (Å²) in [6, 6.07) is 10.7. The lowest BCUT2D eigenvalue weighted by atomic mass is 9.94. The summed E-state index contributed by atoms with van der Waals surface area (Å²) < 4.78 is 6.00. The van der Waals surface area contributed by atoms with Gasteiger partial charge in [0.25, 0.3) is 5.91 Å². The first-order chi connectivity index (χ1) is 16.5. The Balaban J connectivity index is 1.49. The molecule has 1 aromatic carbocycles. The van der Waals surface area contributed by atoms with Crippen LogP contribution in [0.5, 0.6) is 0 Å². The standard InChI is InChI=1S/C25H20Cl3N3O2S/c26-15-6-8-19(27)18(12-15)22-9-7-17(33-22)13-23-24(32)31(16-4-2-1-3-5-16)25(34-23)30-21-10-11-29-14-20(21)28/h6-14,16H,1-5H2/b23-13+,30-25?. The molecule has 2 aliphatic rings. The minimum Gasteiger partial charge on any atom is -0.457 e. The SMILES string of the molecule is O=C1/C(=C\c2ccc(-c3cc(Cl)ccc3Cl)o2)SC(=Nc2ccncc2Cl)N1C1CCCCC1. The van der Waals surface area contributed by atoms with E-state index in [0.29, 0.717) is 47.9 Å². The first-order valence-corrected chi connectivity index (χ1v) is 12.9. The third-order valence-corrected chi connectivity index (χ3v) is 7.68. The van der Waals surface area contributed by atoms with Crippen LogP contribution in [-0.2, 0) is 4.79 Å². The first kappa shape index (κ1) is 23.5. The van der Waals surface area contributed by atoms with Crippen LogP contribution in [0.3, 0.4) is 0 Å². The summed E-state index contributed by atoms with van der Waals surface area (Å²) in [4.78, 5) is 24.6. The maximum atomic E-state index is 13.5. The quantitative estimate of drug-likeness (QED) is 0.317. The van der Waals surface area contributed by atoms with Crippen molar-refractivity contribution in [3.8, 4) is 11.3 Å². The molecule has 0 unspecified atom stereocenters. The number of thioether (sulfide) groups is 1. The van der Waals surface area contributed by atoms with Gasteiger partial charge in [-0.15, -0.1) is 0 Å². The second-order valence-electron chi connectivity index (χ2n) is 8.13. The molecule has 5 rings (SSSR count). The van der Waals surface area contributed by atoms with Crippen LogP contribution in [0, 0.1) is 0 Å². The van der Waals surface area contributed by atoms with E-state index < -0.39 is 0 Å². The normalized spacial score (nSPS) is 19.5. The molecule has 0 N–H and O–H groups in total. The molecule has 2 fully saturated rings. The molecule has 0 spiro atoms. The summed E-state index contributed by atoms with van der Waals surface area (Å²) in [5.41, 5.74) is 1.28. The van der Waals surface area contributed by atoms with Gasteiger partial charge in [-0.25, -0.2) is 4.99 Å². The van der Waals surface area contributed by atoms with E-state index in [1.165, 1.54) is 18.2 Å². The molecule has 2 aromatic heterocycles.